The van der Waals surface area contributed by atoms with Crippen LogP contribution in [0.2, 0.25) is 10.0 Å². The van der Waals surface area contributed by atoms with Crippen molar-refractivity contribution in [3.63, 3.8) is 0 Å². The number of rotatable bonds is 4. The first-order valence-corrected chi connectivity index (χ1v) is 7.33. The maximum absolute atomic E-state index is 12.6. The summed E-state index contributed by atoms with van der Waals surface area (Å²) >= 11 is 12.6. The molecule has 0 aromatic heterocycles. The minimum absolute atomic E-state index is 0.133. The van der Waals surface area contributed by atoms with Crippen LogP contribution in [0.4, 0.5) is 0 Å². The average Bonchev–Trinajstić information content (AvgIpc) is 2.42. The number of hydrogen-bond donors (Lipinski definition) is 0. The lowest BCUT2D eigenvalue weighted by atomic mass is 9.97. The summed E-state index contributed by atoms with van der Waals surface area (Å²) in [6.45, 7) is 4.23. The van der Waals surface area contributed by atoms with Crippen molar-refractivity contribution in [1.29, 1.82) is 0 Å². The van der Waals surface area contributed by atoms with Crippen molar-refractivity contribution in [3.8, 4) is 0 Å². The van der Waals surface area contributed by atoms with Gasteiger partial charge >= 0.3 is 0 Å². The van der Waals surface area contributed by atoms with E-state index in [2.05, 4.69) is 13.8 Å². The van der Waals surface area contributed by atoms with Gasteiger partial charge < -0.3 is 0 Å². The molecule has 20 heavy (non-hydrogen) atoms. The number of hydrogen-bond acceptors (Lipinski definition) is 1. The van der Waals surface area contributed by atoms with E-state index in [1.54, 1.807) is 18.2 Å². The second kappa shape index (κ2) is 6.43. The monoisotopic (exact) mass is 306 g/mol. The quantitative estimate of drug-likeness (QED) is 0.689. The van der Waals surface area contributed by atoms with E-state index in [9.17, 15) is 4.79 Å². The van der Waals surface area contributed by atoms with Crippen molar-refractivity contribution in [1.82, 2.24) is 0 Å². The molecule has 0 heterocycles. The van der Waals surface area contributed by atoms with Crippen LogP contribution < -0.4 is 0 Å². The van der Waals surface area contributed by atoms with Gasteiger partial charge in [-0.25, -0.2) is 0 Å². The summed E-state index contributed by atoms with van der Waals surface area (Å²) in [6.07, 6.45) is 0.824. The normalized spacial score (nSPS) is 10.8. The van der Waals surface area contributed by atoms with Crippen LogP contribution in [-0.2, 0) is 6.42 Å². The highest BCUT2D eigenvalue weighted by molar-refractivity contribution is 6.41. The van der Waals surface area contributed by atoms with Crippen LogP contribution in [0.1, 0.15) is 35.3 Å². The van der Waals surface area contributed by atoms with E-state index >= 15 is 0 Å². The van der Waals surface area contributed by atoms with Gasteiger partial charge in [0.2, 0.25) is 0 Å². The molecule has 0 radical (unpaired) electrons. The largest absolute Gasteiger partial charge is 0.288 e. The number of carbonyl (C=O) groups excluding carboxylic acids is 1. The summed E-state index contributed by atoms with van der Waals surface area (Å²) in [6, 6.07) is 12.7. The molecule has 1 nitrogen and oxygen atoms in total. The molecule has 0 atom stereocenters. The van der Waals surface area contributed by atoms with E-state index in [-0.39, 0.29) is 5.78 Å². The molecule has 2 rings (SSSR count). The van der Waals surface area contributed by atoms with Gasteiger partial charge in [0, 0.05) is 5.56 Å². The highest BCUT2D eigenvalue weighted by Gasteiger charge is 2.19. The third-order valence-corrected chi connectivity index (χ3v) is 3.81. The third kappa shape index (κ3) is 3.23. The molecule has 0 N–H and O–H groups in total. The molecule has 0 bridgehead atoms. The summed E-state index contributed by atoms with van der Waals surface area (Å²) in [5.74, 6) is 0.333. The fourth-order valence-corrected chi connectivity index (χ4v) is 2.75. The van der Waals surface area contributed by atoms with Gasteiger partial charge in [0.1, 0.15) is 0 Å². The maximum atomic E-state index is 12.6. The molecular formula is C17H16Cl2O. The predicted octanol–water partition coefficient (Wildman–Crippen LogP) is 5.42. The number of ketones is 1. The molecule has 0 saturated heterocycles. The minimum atomic E-state index is -0.133. The molecule has 3 heteroatoms. The van der Waals surface area contributed by atoms with Crippen molar-refractivity contribution in [2.24, 2.45) is 5.92 Å². The van der Waals surface area contributed by atoms with Crippen molar-refractivity contribution >= 4 is 29.0 Å². The Balaban J connectivity index is 2.48. The topological polar surface area (TPSA) is 17.1 Å². The first-order valence-electron chi connectivity index (χ1n) is 6.57. The van der Waals surface area contributed by atoms with Crippen molar-refractivity contribution in [2.45, 2.75) is 20.3 Å². The lowest BCUT2D eigenvalue weighted by molar-refractivity contribution is 0.103. The van der Waals surface area contributed by atoms with Crippen LogP contribution in [0.25, 0.3) is 0 Å². The summed E-state index contributed by atoms with van der Waals surface area (Å²) in [5.41, 5.74) is 1.96. The van der Waals surface area contributed by atoms with Crippen LogP contribution in [0.5, 0.6) is 0 Å². The first-order chi connectivity index (χ1) is 9.50. The Kier molecular flexibility index (Phi) is 4.85. The van der Waals surface area contributed by atoms with E-state index in [1.807, 2.05) is 24.3 Å². The maximum Gasteiger partial charge on any atom is 0.196 e. The molecule has 0 amide bonds. The van der Waals surface area contributed by atoms with Crippen molar-refractivity contribution in [2.75, 3.05) is 0 Å². The fourth-order valence-electron chi connectivity index (χ4n) is 2.14. The zero-order valence-electron chi connectivity index (χ0n) is 11.5. The minimum Gasteiger partial charge on any atom is -0.288 e. The molecule has 0 aliphatic rings. The smallest absolute Gasteiger partial charge is 0.196 e. The second-order valence-corrected chi connectivity index (χ2v) is 5.97. The Labute approximate surface area is 129 Å². The molecule has 2 aromatic rings. The van der Waals surface area contributed by atoms with Gasteiger partial charge in [0.05, 0.1) is 15.6 Å². The van der Waals surface area contributed by atoms with Gasteiger partial charge in [-0.15, -0.1) is 0 Å². The molecule has 0 spiro atoms. The summed E-state index contributed by atoms with van der Waals surface area (Å²) in [5, 5.41) is 0.872. The van der Waals surface area contributed by atoms with Crippen LogP contribution in [-0.4, -0.2) is 5.78 Å². The molecule has 104 valence electrons. The second-order valence-electron chi connectivity index (χ2n) is 5.19. The van der Waals surface area contributed by atoms with Crippen LogP contribution >= 0.6 is 23.2 Å². The van der Waals surface area contributed by atoms with E-state index in [4.69, 9.17) is 23.2 Å². The number of carbonyl (C=O) groups is 1. The predicted molar refractivity (Wildman–Crippen MR) is 84.9 cm³/mol. The van der Waals surface area contributed by atoms with Gasteiger partial charge in [0.15, 0.2) is 5.78 Å². The Hall–Kier alpha value is -1.31. The van der Waals surface area contributed by atoms with Gasteiger partial charge in [0.25, 0.3) is 0 Å². The van der Waals surface area contributed by atoms with Gasteiger partial charge in [-0.05, 0) is 24.0 Å². The van der Waals surface area contributed by atoms with Crippen LogP contribution in [0.15, 0.2) is 42.5 Å². The molecule has 0 saturated carbocycles. The van der Waals surface area contributed by atoms with Gasteiger partial charge in [-0.2, -0.15) is 0 Å². The Morgan fingerprint density at radius 2 is 1.70 bits per heavy atom. The van der Waals surface area contributed by atoms with Crippen molar-refractivity contribution in [3.05, 3.63) is 69.2 Å². The summed E-state index contributed by atoms with van der Waals surface area (Å²) in [4.78, 5) is 12.6. The van der Waals surface area contributed by atoms with Crippen molar-refractivity contribution < 1.29 is 4.79 Å². The van der Waals surface area contributed by atoms with Crippen LogP contribution in [0, 0.1) is 5.92 Å². The highest BCUT2D eigenvalue weighted by atomic mass is 35.5. The molecule has 2 aromatic carbocycles. The van der Waals surface area contributed by atoms with Crippen LogP contribution in [0.3, 0.4) is 0 Å². The standard InChI is InChI=1S/C17H16Cl2O/c1-11(2)10-13-8-9-14(18)15(16(13)19)17(20)12-6-4-3-5-7-12/h3-9,11H,10H2,1-2H3. The van der Waals surface area contributed by atoms with E-state index in [0.29, 0.717) is 27.1 Å². The Morgan fingerprint density at radius 1 is 1.05 bits per heavy atom. The first kappa shape index (κ1) is 15.1. The van der Waals surface area contributed by atoms with E-state index in [1.165, 1.54) is 0 Å². The fraction of sp³-hybridized carbons (Fsp3) is 0.235. The molecule has 0 fully saturated rings. The lowest BCUT2D eigenvalue weighted by Crippen LogP contribution is -2.06. The molecule has 0 aliphatic heterocycles. The number of halogens is 2. The zero-order valence-corrected chi connectivity index (χ0v) is 13.0. The average molecular weight is 307 g/mol. The zero-order chi connectivity index (χ0) is 14.7. The Bertz CT molecular complexity index is 618. The molecule has 0 unspecified atom stereocenters. The van der Waals surface area contributed by atoms with E-state index in [0.717, 1.165) is 12.0 Å². The molecular weight excluding hydrogens is 291 g/mol. The molecule has 0 aliphatic carbocycles. The third-order valence-electron chi connectivity index (χ3n) is 3.06. The van der Waals surface area contributed by atoms with Gasteiger partial charge in [-0.3, -0.25) is 4.79 Å². The highest BCUT2D eigenvalue weighted by Crippen LogP contribution is 2.31. The number of benzene rings is 2. The van der Waals surface area contributed by atoms with Gasteiger partial charge in [-0.1, -0.05) is 73.4 Å². The SMILES string of the molecule is CC(C)Cc1ccc(Cl)c(C(=O)c2ccccc2)c1Cl. The Morgan fingerprint density at radius 3 is 2.30 bits per heavy atom. The lowest BCUT2D eigenvalue weighted by Gasteiger charge is -2.12. The summed E-state index contributed by atoms with van der Waals surface area (Å²) in [7, 11) is 0. The summed E-state index contributed by atoms with van der Waals surface area (Å²) < 4.78 is 0. The van der Waals surface area contributed by atoms with E-state index < -0.39 is 0 Å².